The Morgan fingerprint density at radius 2 is 1.80 bits per heavy atom. The van der Waals surface area contributed by atoms with Crippen LogP contribution < -0.4 is 4.74 Å². The van der Waals surface area contributed by atoms with Gasteiger partial charge in [-0.2, -0.15) is 0 Å². The minimum atomic E-state index is -3.80. The van der Waals surface area contributed by atoms with E-state index in [0.29, 0.717) is 29.9 Å². The van der Waals surface area contributed by atoms with Crippen molar-refractivity contribution in [3.8, 4) is 5.75 Å². The number of carbonyl (C=O) groups is 1. The molecule has 12 heteroatoms. The van der Waals surface area contributed by atoms with Gasteiger partial charge in [0.05, 0.1) is 24.4 Å². The van der Waals surface area contributed by atoms with Gasteiger partial charge in [0.25, 0.3) is 0 Å². The molecule has 0 fully saturated rings. The molecule has 40 heavy (non-hydrogen) atoms. The molecule has 0 saturated carbocycles. The van der Waals surface area contributed by atoms with E-state index in [1.807, 2.05) is 0 Å². The minimum absolute atomic E-state index is 0.0110. The first-order chi connectivity index (χ1) is 19.3. The smallest absolute Gasteiger partial charge is 0.338 e. The molecule has 0 unspecified atom stereocenters. The number of ether oxygens (including phenoxy) is 3. The number of azide groups is 1. The van der Waals surface area contributed by atoms with Gasteiger partial charge in [0.1, 0.15) is 5.75 Å². The number of carbonyl (C=O) groups excluding carboxylic acids is 1. The lowest BCUT2D eigenvalue weighted by Gasteiger charge is -2.29. The largest absolute Gasteiger partial charge is 0.494 e. The van der Waals surface area contributed by atoms with Crippen molar-refractivity contribution in [1.82, 2.24) is 0 Å². The molecule has 3 aromatic carbocycles. The maximum Gasteiger partial charge on any atom is 0.338 e. The van der Waals surface area contributed by atoms with Gasteiger partial charge >= 0.3 is 5.97 Å². The number of methoxy groups -OCH3 is 1. The van der Waals surface area contributed by atoms with Crippen molar-refractivity contribution in [2.75, 3.05) is 26.1 Å². The highest BCUT2D eigenvalue weighted by atomic mass is 32.2. The number of nitrogens with zero attached hydrogens (tertiary/aromatic N) is 4. The van der Waals surface area contributed by atoms with E-state index >= 15 is 0 Å². The van der Waals surface area contributed by atoms with Crippen LogP contribution in [0.2, 0.25) is 0 Å². The number of hydrogen-bond acceptors (Lipinski definition) is 9. The van der Waals surface area contributed by atoms with Gasteiger partial charge in [-0.05, 0) is 41.9 Å². The minimum Gasteiger partial charge on any atom is -0.494 e. The van der Waals surface area contributed by atoms with Crippen molar-refractivity contribution in [3.63, 3.8) is 0 Å². The second-order valence-corrected chi connectivity index (χ2v) is 11.0. The Kier molecular flexibility index (Phi) is 9.05. The predicted molar refractivity (Wildman–Crippen MR) is 147 cm³/mol. The Morgan fingerprint density at radius 3 is 2.48 bits per heavy atom. The third kappa shape index (κ3) is 6.09. The van der Waals surface area contributed by atoms with Crippen molar-refractivity contribution in [2.24, 2.45) is 10.1 Å². The lowest BCUT2D eigenvalue weighted by Crippen LogP contribution is -2.43. The highest BCUT2D eigenvalue weighted by Crippen LogP contribution is 2.46. The Labute approximate surface area is 231 Å². The first-order valence-corrected chi connectivity index (χ1v) is 14.1. The van der Waals surface area contributed by atoms with Gasteiger partial charge < -0.3 is 19.3 Å². The third-order valence-electron chi connectivity index (χ3n) is 6.40. The van der Waals surface area contributed by atoms with Crippen LogP contribution in [0.5, 0.6) is 5.75 Å². The fraction of sp³-hybridized carbons (Fsp3) is 0.286. The van der Waals surface area contributed by atoms with Gasteiger partial charge in [-0.3, -0.25) is 0 Å². The maximum atomic E-state index is 13.5. The zero-order chi connectivity index (χ0) is 28.6. The van der Waals surface area contributed by atoms with Crippen LogP contribution in [0.3, 0.4) is 0 Å². The normalized spacial score (nSPS) is 18.2. The van der Waals surface area contributed by atoms with Crippen LogP contribution in [0.4, 0.5) is 5.69 Å². The number of esters is 1. The van der Waals surface area contributed by atoms with E-state index in [4.69, 9.17) is 24.8 Å². The summed E-state index contributed by atoms with van der Waals surface area (Å²) in [5.41, 5.74) is 8.40. The molecule has 2 atom stereocenters. The molecule has 4 rings (SSSR count). The van der Waals surface area contributed by atoms with Crippen LogP contribution in [-0.2, 0) is 24.1 Å². The van der Waals surface area contributed by atoms with Crippen molar-refractivity contribution < 1.29 is 32.5 Å². The number of benzene rings is 3. The number of sulfone groups is 1. The molecule has 208 valence electrons. The standard InChI is InChI=1S/C28H28N4O7S/c1-37-27(34)28(16-19-40(35,36)22-8-3-2-4-9-22)25(23-10-5-6-11-24(23)31-32-29)39-26(30-28)20-12-14-21(15-13-20)38-18-7-17-33/h2-6,8-15,25,33H,7,16-19H2,1H3/t25-,28-/m0/s1. The van der Waals surface area contributed by atoms with Crippen LogP contribution in [-0.4, -0.2) is 57.0 Å². The molecule has 0 radical (unpaired) electrons. The fourth-order valence-corrected chi connectivity index (χ4v) is 5.77. The second kappa shape index (κ2) is 12.6. The summed E-state index contributed by atoms with van der Waals surface area (Å²) < 4.78 is 43.4. The highest BCUT2D eigenvalue weighted by Gasteiger charge is 2.55. The quantitative estimate of drug-likeness (QED) is 0.110. The van der Waals surface area contributed by atoms with Crippen LogP contribution in [0.1, 0.15) is 30.1 Å². The van der Waals surface area contributed by atoms with Gasteiger partial charge in [-0.25, -0.2) is 18.2 Å². The molecule has 1 aliphatic heterocycles. The summed E-state index contributed by atoms with van der Waals surface area (Å²) in [5.74, 6) is -0.570. The van der Waals surface area contributed by atoms with Crippen LogP contribution in [0.15, 0.2) is 93.9 Å². The summed E-state index contributed by atoms with van der Waals surface area (Å²) in [6, 6.07) is 21.2. The van der Waals surface area contributed by atoms with Crippen molar-refractivity contribution in [1.29, 1.82) is 0 Å². The molecule has 11 nitrogen and oxygen atoms in total. The zero-order valence-corrected chi connectivity index (χ0v) is 22.5. The second-order valence-electron chi connectivity index (χ2n) is 8.91. The molecule has 1 aliphatic rings. The molecule has 0 aromatic heterocycles. The molecule has 0 spiro atoms. The first kappa shape index (κ1) is 28.6. The summed E-state index contributed by atoms with van der Waals surface area (Å²) in [7, 11) is -2.61. The molecule has 0 bridgehead atoms. The number of aliphatic hydroxyl groups is 1. The molecular weight excluding hydrogens is 536 g/mol. The Hall–Kier alpha value is -4.38. The van der Waals surface area contributed by atoms with Crippen molar-refractivity contribution >= 4 is 27.4 Å². The summed E-state index contributed by atoms with van der Waals surface area (Å²) >= 11 is 0. The fourth-order valence-electron chi connectivity index (χ4n) is 4.38. The summed E-state index contributed by atoms with van der Waals surface area (Å²) in [5, 5.41) is 12.7. The molecule has 0 aliphatic carbocycles. The maximum absolute atomic E-state index is 13.5. The van der Waals surface area contributed by atoms with E-state index < -0.39 is 33.2 Å². The summed E-state index contributed by atoms with van der Waals surface area (Å²) in [6.45, 7) is 0.351. The van der Waals surface area contributed by atoms with Gasteiger partial charge in [-0.1, -0.05) is 47.6 Å². The topological polar surface area (TPSA) is 160 Å². The molecule has 1 heterocycles. The predicted octanol–water partition coefficient (Wildman–Crippen LogP) is 4.68. The zero-order valence-electron chi connectivity index (χ0n) is 21.7. The van der Waals surface area contributed by atoms with E-state index in [0.717, 1.165) is 0 Å². The lowest BCUT2D eigenvalue weighted by molar-refractivity contribution is -0.150. The van der Waals surface area contributed by atoms with Crippen LogP contribution in [0, 0.1) is 0 Å². The lowest BCUT2D eigenvalue weighted by atomic mass is 9.85. The van der Waals surface area contributed by atoms with E-state index in [1.165, 1.54) is 19.2 Å². The monoisotopic (exact) mass is 564 g/mol. The Balaban J connectivity index is 1.78. The molecular formula is C28H28N4O7S. The van der Waals surface area contributed by atoms with Gasteiger partial charge in [0, 0.05) is 41.2 Å². The third-order valence-corrected chi connectivity index (χ3v) is 8.13. The molecule has 0 amide bonds. The summed E-state index contributed by atoms with van der Waals surface area (Å²) in [4.78, 5) is 21.1. The van der Waals surface area contributed by atoms with E-state index in [-0.39, 0.29) is 29.5 Å². The number of aliphatic imine (C=N–C) groups is 1. The average molecular weight is 565 g/mol. The Morgan fingerprint density at radius 1 is 1.10 bits per heavy atom. The SMILES string of the molecule is COC(=O)[C@@]1(CCS(=O)(=O)c2ccccc2)N=C(c2ccc(OCCCO)cc2)O[C@H]1c1ccccc1N=[N+]=[N-]. The van der Waals surface area contributed by atoms with E-state index in [2.05, 4.69) is 15.0 Å². The number of hydrogen-bond donors (Lipinski definition) is 1. The molecule has 0 saturated heterocycles. The van der Waals surface area contributed by atoms with Crippen LogP contribution >= 0.6 is 0 Å². The average Bonchev–Trinajstić information content (AvgIpc) is 3.38. The van der Waals surface area contributed by atoms with Crippen molar-refractivity contribution in [2.45, 2.75) is 29.4 Å². The van der Waals surface area contributed by atoms with Crippen LogP contribution in [0.25, 0.3) is 10.4 Å². The Bertz CT molecular complexity index is 1520. The highest BCUT2D eigenvalue weighted by molar-refractivity contribution is 7.91. The number of rotatable bonds is 12. The van der Waals surface area contributed by atoms with E-state index in [9.17, 15) is 13.2 Å². The summed E-state index contributed by atoms with van der Waals surface area (Å²) in [6.07, 6.45) is -0.932. The van der Waals surface area contributed by atoms with Gasteiger partial charge in [-0.15, -0.1) is 0 Å². The first-order valence-electron chi connectivity index (χ1n) is 12.5. The number of aliphatic hydroxyl groups excluding tert-OH is 1. The molecule has 1 N–H and O–H groups in total. The molecule has 3 aromatic rings. The van der Waals surface area contributed by atoms with Gasteiger partial charge in [0.15, 0.2) is 15.9 Å². The van der Waals surface area contributed by atoms with E-state index in [1.54, 1.807) is 66.7 Å². The van der Waals surface area contributed by atoms with Gasteiger partial charge in [0.2, 0.25) is 11.4 Å². The van der Waals surface area contributed by atoms with Crippen molar-refractivity contribution in [3.05, 3.63) is 100 Å².